The number of carboxylic acids is 1. The van der Waals surface area contributed by atoms with Crippen molar-refractivity contribution >= 4 is 52.7 Å². The predicted octanol–water partition coefficient (Wildman–Crippen LogP) is 3.56. The van der Waals surface area contributed by atoms with Crippen molar-refractivity contribution in [2.45, 2.75) is 19.0 Å². The minimum atomic E-state index is -1.53. The number of phenols is 1. The number of amides is 4. The molecule has 0 aliphatic heterocycles. The largest absolute Gasteiger partial charge is 0.508 e. The first-order valence-electron chi connectivity index (χ1n) is 11.3. The molecule has 0 aromatic heterocycles. The molecule has 38 heavy (non-hydrogen) atoms. The lowest BCUT2D eigenvalue weighted by Crippen LogP contribution is -2.50. The van der Waals surface area contributed by atoms with Crippen LogP contribution in [-0.4, -0.2) is 46.6 Å². The van der Waals surface area contributed by atoms with Crippen LogP contribution in [0.2, 0.25) is 10.0 Å². The normalized spacial score (nSPS) is 11.2. The van der Waals surface area contributed by atoms with Gasteiger partial charge in [-0.2, -0.15) is 0 Å². The van der Waals surface area contributed by atoms with E-state index in [1.165, 1.54) is 18.2 Å². The Morgan fingerprint density at radius 2 is 1.55 bits per heavy atom. The molecule has 198 valence electrons. The molecular formula is C26H24Cl2N4O6. The number of hydrogen-bond acceptors (Lipinski definition) is 5. The molecule has 3 aromatic carbocycles. The van der Waals surface area contributed by atoms with Gasteiger partial charge in [-0.15, -0.1) is 0 Å². The first-order valence-corrected chi connectivity index (χ1v) is 12.0. The van der Waals surface area contributed by atoms with E-state index in [2.05, 4.69) is 21.3 Å². The quantitative estimate of drug-likeness (QED) is 0.223. The zero-order chi connectivity index (χ0) is 27.7. The predicted molar refractivity (Wildman–Crippen MR) is 142 cm³/mol. The molecule has 3 rings (SSSR count). The monoisotopic (exact) mass is 558 g/mol. The number of anilines is 1. The second-order valence-electron chi connectivity index (χ2n) is 8.05. The highest BCUT2D eigenvalue weighted by Crippen LogP contribution is 2.32. The van der Waals surface area contributed by atoms with Crippen LogP contribution in [0.3, 0.4) is 0 Å². The number of hydrogen-bond donors (Lipinski definition) is 6. The van der Waals surface area contributed by atoms with Crippen molar-refractivity contribution in [3.05, 3.63) is 93.5 Å². The molecule has 3 aromatic rings. The summed E-state index contributed by atoms with van der Waals surface area (Å²) in [5, 5.41) is 28.8. The van der Waals surface area contributed by atoms with Crippen LogP contribution in [0.15, 0.2) is 66.7 Å². The number of para-hydroxylation sites is 1. The summed E-state index contributed by atoms with van der Waals surface area (Å²) < 4.78 is 0. The minimum absolute atomic E-state index is 0.00337. The fourth-order valence-electron chi connectivity index (χ4n) is 3.36. The number of phenolic OH excluding ortho intramolecular Hbond substituents is 1. The lowest BCUT2D eigenvalue weighted by molar-refractivity contribution is -0.139. The number of carboxylic acid groups (broad SMARTS) is 1. The van der Waals surface area contributed by atoms with E-state index in [0.29, 0.717) is 5.56 Å². The fraction of sp³-hybridized carbons (Fsp3) is 0.154. The van der Waals surface area contributed by atoms with E-state index in [0.717, 1.165) is 5.56 Å². The number of nitrogens with one attached hydrogen (secondary N) is 4. The van der Waals surface area contributed by atoms with Crippen LogP contribution < -0.4 is 21.3 Å². The maximum Gasteiger partial charge on any atom is 0.328 e. The van der Waals surface area contributed by atoms with Crippen molar-refractivity contribution in [1.29, 1.82) is 0 Å². The van der Waals surface area contributed by atoms with E-state index in [1.54, 1.807) is 42.5 Å². The van der Waals surface area contributed by atoms with Crippen LogP contribution in [0.5, 0.6) is 5.75 Å². The van der Waals surface area contributed by atoms with E-state index in [-0.39, 0.29) is 45.9 Å². The van der Waals surface area contributed by atoms with E-state index >= 15 is 0 Å². The zero-order valence-corrected chi connectivity index (χ0v) is 21.3. The standard InChI is InChI=1S/C26H24Cl2N4O6/c27-17-10-11-18(31-21(34)12-15-6-2-1-3-7-15)23(28)22(17)24(35)32-19(25(36)37)14-30-26(38)29-13-16-8-4-5-9-20(16)33/h1-11,19,33H,12-14H2,(H,31,34)(H,32,35)(H,36,37)(H2,29,30,38). The summed E-state index contributed by atoms with van der Waals surface area (Å²) in [6.45, 7) is -0.465. The summed E-state index contributed by atoms with van der Waals surface area (Å²) in [6, 6.07) is 15.9. The van der Waals surface area contributed by atoms with Gasteiger partial charge in [-0.25, -0.2) is 9.59 Å². The molecule has 1 atom stereocenters. The van der Waals surface area contributed by atoms with Crippen LogP contribution in [-0.2, 0) is 22.6 Å². The Labute approximate surface area is 228 Å². The minimum Gasteiger partial charge on any atom is -0.508 e. The van der Waals surface area contributed by atoms with E-state index in [1.807, 2.05) is 6.07 Å². The lowest BCUT2D eigenvalue weighted by Gasteiger charge is -2.18. The van der Waals surface area contributed by atoms with Crippen LogP contribution in [0, 0.1) is 0 Å². The first kappa shape index (κ1) is 28.3. The van der Waals surface area contributed by atoms with Gasteiger partial charge in [0.05, 0.1) is 34.3 Å². The number of halogens is 2. The Morgan fingerprint density at radius 3 is 2.24 bits per heavy atom. The van der Waals surface area contributed by atoms with Crippen LogP contribution in [0.4, 0.5) is 10.5 Å². The fourth-order valence-corrected chi connectivity index (χ4v) is 3.95. The number of aliphatic carboxylic acids is 1. The number of benzene rings is 3. The SMILES string of the molecule is O=C(Cc1ccccc1)Nc1ccc(Cl)c(C(=O)NC(CNC(=O)NCc2ccccc2O)C(=O)O)c1Cl. The summed E-state index contributed by atoms with van der Waals surface area (Å²) >= 11 is 12.5. The third-order valence-electron chi connectivity index (χ3n) is 5.30. The summed E-state index contributed by atoms with van der Waals surface area (Å²) in [4.78, 5) is 49.2. The first-order chi connectivity index (χ1) is 18.2. The van der Waals surface area contributed by atoms with Gasteiger partial charge in [-0.3, -0.25) is 9.59 Å². The zero-order valence-electron chi connectivity index (χ0n) is 19.8. The number of carbonyl (C=O) groups excluding carboxylic acids is 3. The highest BCUT2D eigenvalue weighted by Gasteiger charge is 2.25. The van der Waals surface area contributed by atoms with Crippen LogP contribution in [0.1, 0.15) is 21.5 Å². The second-order valence-corrected chi connectivity index (χ2v) is 8.84. The number of urea groups is 1. The lowest BCUT2D eigenvalue weighted by atomic mass is 10.1. The maximum absolute atomic E-state index is 12.9. The molecule has 0 aliphatic carbocycles. The summed E-state index contributed by atoms with van der Waals surface area (Å²) in [6.07, 6.45) is 0.0695. The molecule has 10 nitrogen and oxygen atoms in total. The Kier molecular flexibility index (Phi) is 9.92. The van der Waals surface area contributed by atoms with Crippen molar-refractivity contribution in [2.24, 2.45) is 0 Å². The molecule has 0 radical (unpaired) electrons. The Balaban J connectivity index is 1.62. The number of rotatable bonds is 10. The molecular weight excluding hydrogens is 535 g/mol. The Hall–Kier alpha value is -4.28. The molecule has 0 saturated carbocycles. The molecule has 0 saturated heterocycles. The molecule has 4 amide bonds. The van der Waals surface area contributed by atoms with E-state index < -0.39 is 30.5 Å². The van der Waals surface area contributed by atoms with E-state index in [9.17, 15) is 29.4 Å². The van der Waals surface area contributed by atoms with Crippen molar-refractivity contribution in [3.63, 3.8) is 0 Å². The highest BCUT2D eigenvalue weighted by molar-refractivity contribution is 6.41. The summed E-state index contributed by atoms with van der Waals surface area (Å²) in [7, 11) is 0. The Morgan fingerprint density at radius 1 is 0.868 bits per heavy atom. The Bertz CT molecular complexity index is 1340. The highest BCUT2D eigenvalue weighted by atomic mass is 35.5. The van der Waals surface area contributed by atoms with Gasteiger partial charge in [0.2, 0.25) is 5.91 Å². The topological polar surface area (TPSA) is 157 Å². The maximum atomic E-state index is 12.9. The summed E-state index contributed by atoms with van der Waals surface area (Å²) in [5.41, 5.74) is 1.12. The molecule has 12 heteroatoms. The van der Waals surface area contributed by atoms with E-state index in [4.69, 9.17) is 23.2 Å². The van der Waals surface area contributed by atoms with Gasteiger partial charge < -0.3 is 31.5 Å². The second kappa shape index (κ2) is 13.3. The summed E-state index contributed by atoms with van der Waals surface area (Å²) in [5.74, 6) is -2.72. The molecule has 0 aliphatic rings. The average Bonchev–Trinajstić information content (AvgIpc) is 2.88. The van der Waals surface area contributed by atoms with Crippen LogP contribution >= 0.6 is 23.2 Å². The molecule has 0 fully saturated rings. The van der Waals surface area contributed by atoms with Crippen molar-refractivity contribution in [1.82, 2.24) is 16.0 Å². The third kappa shape index (κ3) is 7.86. The van der Waals surface area contributed by atoms with Gasteiger partial charge in [0.25, 0.3) is 5.91 Å². The van der Waals surface area contributed by atoms with Gasteiger partial charge in [-0.1, -0.05) is 71.7 Å². The average molecular weight is 559 g/mol. The number of carbonyl (C=O) groups is 4. The number of aromatic hydroxyl groups is 1. The van der Waals surface area contributed by atoms with Gasteiger partial charge in [0, 0.05) is 12.1 Å². The van der Waals surface area contributed by atoms with Gasteiger partial charge in [0.15, 0.2) is 0 Å². The molecule has 0 bridgehead atoms. The molecule has 1 unspecified atom stereocenters. The van der Waals surface area contributed by atoms with Gasteiger partial charge in [0.1, 0.15) is 11.8 Å². The van der Waals surface area contributed by atoms with Crippen molar-refractivity contribution in [3.8, 4) is 5.75 Å². The molecule has 6 N–H and O–H groups in total. The molecule has 0 spiro atoms. The third-order valence-corrected chi connectivity index (χ3v) is 6.01. The van der Waals surface area contributed by atoms with Crippen molar-refractivity contribution < 1.29 is 29.4 Å². The van der Waals surface area contributed by atoms with Gasteiger partial charge in [-0.05, 0) is 23.8 Å². The smallest absolute Gasteiger partial charge is 0.328 e. The molecule has 0 heterocycles. The van der Waals surface area contributed by atoms with Crippen molar-refractivity contribution in [2.75, 3.05) is 11.9 Å². The van der Waals surface area contributed by atoms with Gasteiger partial charge >= 0.3 is 12.0 Å². The van der Waals surface area contributed by atoms with Crippen LogP contribution in [0.25, 0.3) is 0 Å².